The number of likely N-dealkylation sites (N-methyl/N-ethyl adjacent to an activating group) is 1. The van der Waals surface area contributed by atoms with Crippen LogP contribution in [0.2, 0.25) is 0 Å². The zero-order valence-electron chi connectivity index (χ0n) is 40.1. The van der Waals surface area contributed by atoms with Crippen molar-refractivity contribution in [3.63, 3.8) is 0 Å². The van der Waals surface area contributed by atoms with Crippen LogP contribution in [-0.2, 0) is 32.7 Å². The van der Waals surface area contributed by atoms with E-state index in [-0.39, 0.29) is 32.0 Å². The Balaban J connectivity index is 4.11. The summed E-state index contributed by atoms with van der Waals surface area (Å²) in [5.74, 6) is -0.832. The van der Waals surface area contributed by atoms with Gasteiger partial charge in [-0.2, -0.15) is 0 Å². The Labute approximate surface area is 375 Å². The molecule has 0 rings (SSSR count). The summed E-state index contributed by atoms with van der Waals surface area (Å²) in [6.45, 7) is 4.11. The summed E-state index contributed by atoms with van der Waals surface area (Å²) in [6, 6.07) is 0. The van der Waals surface area contributed by atoms with Crippen molar-refractivity contribution < 1.29 is 42.1 Å². The number of nitrogens with zero attached hydrogens (tertiary/aromatic N) is 1. The van der Waals surface area contributed by atoms with Crippen LogP contribution >= 0.6 is 7.82 Å². The minimum Gasteiger partial charge on any atom is -0.756 e. The summed E-state index contributed by atoms with van der Waals surface area (Å²) in [7, 11) is 1.17. The second kappa shape index (κ2) is 43.2. The predicted octanol–water partition coefficient (Wildman–Crippen LogP) is 14.0. The zero-order valence-corrected chi connectivity index (χ0v) is 41.0. The molecule has 0 N–H and O–H groups in total. The van der Waals surface area contributed by atoms with Gasteiger partial charge in [0.1, 0.15) is 19.8 Å². The molecule has 10 heteroatoms. The van der Waals surface area contributed by atoms with Crippen molar-refractivity contribution in [2.45, 2.75) is 219 Å². The van der Waals surface area contributed by atoms with Crippen molar-refractivity contribution in [2.24, 2.45) is 0 Å². The molecule has 356 valence electrons. The number of hydrogen-bond donors (Lipinski definition) is 0. The maximum atomic E-state index is 12.7. The van der Waals surface area contributed by atoms with Crippen molar-refractivity contribution in [3.05, 3.63) is 48.6 Å². The van der Waals surface area contributed by atoms with Gasteiger partial charge in [0.25, 0.3) is 7.82 Å². The SMILES string of the molecule is CC/C=C\C/C=C\C/C=C\C/C=C\CCCCCCCCCCCCCCCCC(=O)OC(COC(=O)CCCCCCCCCCCC)COP(=O)([O-])OCC[N+](C)(C)C. The van der Waals surface area contributed by atoms with E-state index in [9.17, 15) is 19.0 Å². The molecular weight excluding hydrogens is 786 g/mol. The maximum absolute atomic E-state index is 12.7. The first-order valence-corrected chi connectivity index (χ1v) is 26.3. The fraction of sp³-hybridized carbons (Fsp3) is 0.804. The Hall–Kier alpha value is -2.03. The highest BCUT2D eigenvalue weighted by Crippen LogP contribution is 2.38. The smallest absolute Gasteiger partial charge is 0.306 e. The van der Waals surface area contributed by atoms with E-state index >= 15 is 0 Å². The number of unbranched alkanes of at least 4 members (excludes halogenated alkanes) is 23. The van der Waals surface area contributed by atoms with Crippen LogP contribution in [0.3, 0.4) is 0 Å². The van der Waals surface area contributed by atoms with Crippen molar-refractivity contribution in [1.29, 1.82) is 0 Å². The number of quaternary nitrogens is 1. The number of phosphoric ester groups is 1. The van der Waals surface area contributed by atoms with Crippen molar-refractivity contribution in [2.75, 3.05) is 47.5 Å². The average Bonchev–Trinajstić information content (AvgIpc) is 3.21. The van der Waals surface area contributed by atoms with Crippen LogP contribution in [0.5, 0.6) is 0 Å². The lowest BCUT2D eigenvalue weighted by Gasteiger charge is -2.28. The van der Waals surface area contributed by atoms with Crippen LogP contribution in [0.15, 0.2) is 48.6 Å². The van der Waals surface area contributed by atoms with Crippen molar-refractivity contribution in [3.8, 4) is 0 Å². The predicted molar refractivity (Wildman–Crippen MR) is 254 cm³/mol. The molecule has 0 radical (unpaired) electrons. The molecule has 0 saturated heterocycles. The standard InChI is InChI=1S/C51H94NO8P/c1-6-8-10-12-14-16-18-19-20-21-22-23-24-25-26-27-28-29-30-31-32-33-34-36-38-40-42-44-51(54)60-49(48-59-61(55,56)58-46-45-52(3,4)5)47-57-50(53)43-41-39-37-35-17-15-13-11-9-7-2/h8,10,14,16,19-20,22-23,49H,6-7,9,11-13,15,17-18,21,24-48H2,1-5H3/b10-8-,16-14-,20-19-,23-22-. The molecule has 61 heavy (non-hydrogen) atoms. The van der Waals surface area contributed by atoms with Gasteiger partial charge in [0.05, 0.1) is 27.7 Å². The third-order valence-corrected chi connectivity index (χ3v) is 11.6. The quantitative estimate of drug-likeness (QED) is 0.0195. The molecule has 0 aliphatic rings. The van der Waals surface area contributed by atoms with E-state index in [1.807, 2.05) is 21.1 Å². The molecule has 2 atom stereocenters. The Morgan fingerprint density at radius 1 is 0.525 bits per heavy atom. The van der Waals surface area contributed by atoms with Crippen LogP contribution in [-0.4, -0.2) is 70.0 Å². The highest BCUT2D eigenvalue weighted by Gasteiger charge is 2.21. The van der Waals surface area contributed by atoms with Gasteiger partial charge in [-0.3, -0.25) is 14.2 Å². The number of rotatable bonds is 45. The van der Waals surface area contributed by atoms with Gasteiger partial charge >= 0.3 is 11.9 Å². The summed E-state index contributed by atoms with van der Waals surface area (Å²) >= 11 is 0. The third kappa shape index (κ3) is 47.3. The van der Waals surface area contributed by atoms with Gasteiger partial charge in [-0.15, -0.1) is 0 Å². The van der Waals surface area contributed by atoms with E-state index in [1.54, 1.807) is 0 Å². The molecule has 2 unspecified atom stereocenters. The molecule has 0 aromatic heterocycles. The molecular formula is C51H94NO8P. The molecule has 0 fully saturated rings. The van der Waals surface area contributed by atoms with Crippen LogP contribution < -0.4 is 4.89 Å². The summed E-state index contributed by atoms with van der Waals surface area (Å²) < 4.78 is 33.9. The van der Waals surface area contributed by atoms with Gasteiger partial charge in [-0.25, -0.2) is 0 Å². The summed E-state index contributed by atoms with van der Waals surface area (Å²) in [5, 5.41) is 0. The monoisotopic (exact) mass is 880 g/mol. The molecule has 0 amide bonds. The number of phosphoric acid groups is 1. The third-order valence-electron chi connectivity index (χ3n) is 10.6. The topological polar surface area (TPSA) is 111 Å². The molecule has 0 bridgehead atoms. The second-order valence-corrected chi connectivity index (χ2v) is 19.2. The van der Waals surface area contributed by atoms with Gasteiger partial charge in [0.15, 0.2) is 6.10 Å². The average molecular weight is 880 g/mol. The molecule has 0 heterocycles. The van der Waals surface area contributed by atoms with Crippen LogP contribution in [0.1, 0.15) is 213 Å². The second-order valence-electron chi connectivity index (χ2n) is 17.8. The summed E-state index contributed by atoms with van der Waals surface area (Å²) in [4.78, 5) is 37.6. The summed E-state index contributed by atoms with van der Waals surface area (Å²) in [5.41, 5.74) is 0. The van der Waals surface area contributed by atoms with Crippen LogP contribution in [0, 0.1) is 0 Å². The van der Waals surface area contributed by atoms with E-state index < -0.39 is 26.5 Å². The first-order chi connectivity index (χ1) is 29.5. The Morgan fingerprint density at radius 3 is 1.39 bits per heavy atom. The number of hydrogen-bond acceptors (Lipinski definition) is 8. The van der Waals surface area contributed by atoms with Crippen molar-refractivity contribution in [1.82, 2.24) is 0 Å². The fourth-order valence-corrected chi connectivity index (χ4v) is 7.49. The maximum Gasteiger partial charge on any atom is 0.306 e. The van der Waals surface area contributed by atoms with Crippen LogP contribution in [0.4, 0.5) is 0 Å². The number of esters is 2. The number of ether oxygens (including phenoxy) is 2. The van der Waals surface area contributed by atoms with Gasteiger partial charge in [-0.1, -0.05) is 197 Å². The van der Waals surface area contributed by atoms with E-state index in [2.05, 4.69) is 62.5 Å². The Kier molecular flexibility index (Phi) is 41.8. The highest BCUT2D eigenvalue weighted by molar-refractivity contribution is 7.45. The van der Waals surface area contributed by atoms with Crippen LogP contribution in [0.25, 0.3) is 0 Å². The van der Waals surface area contributed by atoms with Gasteiger partial charge < -0.3 is 27.9 Å². The molecule has 0 saturated carbocycles. The molecule has 0 aromatic carbocycles. The molecule has 9 nitrogen and oxygen atoms in total. The van der Waals surface area contributed by atoms with Gasteiger partial charge in [0.2, 0.25) is 0 Å². The Morgan fingerprint density at radius 2 is 0.934 bits per heavy atom. The number of carbonyl (C=O) groups excluding carboxylic acids is 2. The number of allylic oxidation sites excluding steroid dienone is 8. The Bertz CT molecular complexity index is 1180. The zero-order chi connectivity index (χ0) is 45.0. The van der Waals surface area contributed by atoms with E-state index in [4.69, 9.17) is 18.5 Å². The lowest BCUT2D eigenvalue weighted by molar-refractivity contribution is -0.870. The molecule has 0 spiro atoms. The lowest BCUT2D eigenvalue weighted by atomic mass is 10.0. The molecule has 0 aliphatic heterocycles. The lowest BCUT2D eigenvalue weighted by Crippen LogP contribution is -2.37. The molecule has 0 aliphatic carbocycles. The summed E-state index contributed by atoms with van der Waals surface area (Å²) in [6.07, 6.45) is 51.5. The largest absolute Gasteiger partial charge is 0.756 e. The molecule has 0 aromatic rings. The fourth-order valence-electron chi connectivity index (χ4n) is 6.76. The highest BCUT2D eigenvalue weighted by atomic mass is 31.2. The normalized spacial score (nSPS) is 13.9. The minimum absolute atomic E-state index is 0.0302. The first kappa shape index (κ1) is 59.0. The van der Waals surface area contributed by atoms with E-state index in [0.29, 0.717) is 17.4 Å². The van der Waals surface area contributed by atoms with E-state index in [0.717, 1.165) is 64.2 Å². The first-order valence-electron chi connectivity index (χ1n) is 24.8. The van der Waals surface area contributed by atoms with Crippen molar-refractivity contribution >= 4 is 19.8 Å². The van der Waals surface area contributed by atoms with E-state index in [1.165, 1.54) is 116 Å². The van der Waals surface area contributed by atoms with Gasteiger partial charge in [0, 0.05) is 12.8 Å². The number of carbonyl (C=O) groups is 2. The minimum atomic E-state index is -4.62. The van der Waals surface area contributed by atoms with Gasteiger partial charge in [-0.05, 0) is 51.4 Å².